The summed E-state index contributed by atoms with van der Waals surface area (Å²) in [5.74, 6) is 0.647. The van der Waals surface area contributed by atoms with Crippen molar-refractivity contribution in [3.8, 4) is 0 Å². The summed E-state index contributed by atoms with van der Waals surface area (Å²) < 4.78 is 25.2. The average Bonchev–Trinajstić information content (AvgIpc) is 3.24. The highest BCUT2D eigenvalue weighted by Crippen LogP contribution is 2.19. The third-order valence-electron chi connectivity index (χ3n) is 3.49. The quantitative estimate of drug-likeness (QED) is 0.630. The molecule has 2 heterocycles. The molecule has 0 radical (unpaired) electrons. The van der Waals surface area contributed by atoms with E-state index in [1.807, 2.05) is 17.0 Å². The summed E-state index contributed by atoms with van der Waals surface area (Å²) in [6.45, 7) is 0.935. The zero-order valence-corrected chi connectivity index (χ0v) is 14.8. The first kappa shape index (κ1) is 17.4. The average molecular weight is 407 g/mol. The maximum absolute atomic E-state index is 13.9. The maximum Gasteiger partial charge on any atom is 0.238 e. The van der Waals surface area contributed by atoms with E-state index >= 15 is 0 Å². The summed E-state index contributed by atoms with van der Waals surface area (Å²) in [6, 6.07) is 11.7. The molecule has 25 heavy (non-hydrogen) atoms. The molecule has 5 nitrogen and oxygen atoms in total. The second kappa shape index (κ2) is 8.13. The normalized spacial score (nSPS) is 11.0. The molecular formula is C18H16BrFN2O3. The second-order valence-corrected chi connectivity index (χ2v) is 6.39. The molecule has 0 aliphatic rings. The van der Waals surface area contributed by atoms with Gasteiger partial charge in [0, 0.05) is 4.47 Å². The van der Waals surface area contributed by atoms with Crippen LogP contribution in [0.3, 0.4) is 0 Å². The van der Waals surface area contributed by atoms with Crippen LogP contribution in [0, 0.1) is 5.82 Å². The van der Waals surface area contributed by atoms with Gasteiger partial charge in [-0.1, -0.05) is 15.9 Å². The Balaban J connectivity index is 1.66. The predicted molar refractivity (Wildman–Crippen MR) is 94.3 cm³/mol. The Morgan fingerprint density at radius 1 is 1.08 bits per heavy atom. The van der Waals surface area contributed by atoms with E-state index in [1.54, 1.807) is 30.7 Å². The van der Waals surface area contributed by atoms with Gasteiger partial charge in [-0.2, -0.15) is 0 Å². The number of furan rings is 2. The highest BCUT2D eigenvalue weighted by atomic mass is 79.9. The highest BCUT2D eigenvalue weighted by Gasteiger charge is 2.16. The minimum atomic E-state index is -0.494. The zero-order valence-electron chi connectivity index (χ0n) is 13.2. The predicted octanol–water partition coefficient (Wildman–Crippen LogP) is 4.42. The lowest BCUT2D eigenvalue weighted by Gasteiger charge is -2.19. The number of hydrogen-bond donors (Lipinski definition) is 1. The maximum atomic E-state index is 13.9. The van der Waals surface area contributed by atoms with E-state index < -0.39 is 5.82 Å². The lowest BCUT2D eigenvalue weighted by Crippen LogP contribution is -2.32. The number of amides is 1. The molecule has 0 atom stereocenters. The third kappa shape index (κ3) is 5.04. The number of anilines is 1. The van der Waals surface area contributed by atoms with Crippen molar-refractivity contribution in [3.05, 3.63) is 76.8 Å². The van der Waals surface area contributed by atoms with Crippen LogP contribution in [0.2, 0.25) is 0 Å². The third-order valence-corrected chi connectivity index (χ3v) is 3.98. The molecule has 7 heteroatoms. The largest absolute Gasteiger partial charge is 0.468 e. The lowest BCUT2D eigenvalue weighted by molar-refractivity contribution is -0.117. The first-order valence-corrected chi connectivity index (χ1v) is 8.41. The number of nitrogens with one attached hydrogen (secondary N) is 1. The van der Waals surface area contributed by atoms with E-state index in [0.717, 1.165) is 11.5 Å². The molecule has 0 saturated heterocycles. The van der Waals surface area contributed by atoms with Crippen LogP contribution in [0.15, 0.2) is 68.3 Å². The summed E-state index contributed by atoms with van der Waals surface area (Å²) >= 11 is 3.19. The molecule has 0 fully saturated rings. The van der Waals surface area contributed by atoms with Gasteiger partial charge in [-0.25, -0.2) is 4.39 Å². The molecule has 2 aromatic heterocycles. The van der Waals surface area contributed by atoms with Crippen LogP contribution in [0.5, 0.6) is 0 Å². The molecule has 3 aromatic rings. The van der Waals surface area contributed by atoms with Gasteiger partial charge in [-0.15, -0.1) is 0 Å². The van der Waals surface area contributed by atoms with Gasteiger partial charge in [0.15, 0.2) is 0 Å². The van der Waals surface area contributed by atoms with Gasteiger partial charge < -0.3 is 14.2 Å². The van der Waals surface area contributed by atoms with Gasteiger partial charge in [0.25, 0.3) is 0 Å². The summed E-state index contributed by atoms with van der Waals surface area (Å²) in [5, 5.41) is 2.59. The lowest BCUT2D eigenvalue weighted by atomic mass is 10.3. The van der Waals surface area contributed by atoms with Crippen molar-refractivity contribution in [2.24, 2.45) is 0 Å². The Morgan fingerprint density at radius 3 is 2.24 bits per heavy atom. The Labute approximate surface area is 152 Å². The van der Waals surface area contributed by atoms with Gasteiger partial charge in [0.2, 0.25) is 5.91 Å². The van der Waals surface area contributed by atoms with Crippen LogP contribution in [0.25, 0.3) is 0 Å². The molecule has 0 bridgehead atoms. The zero-order chi connectivity index (χ0) is 17.6. The summed E-state index contributed by atoms with van der Waals surface area (Å²) in [7, 11) is 0. The molecule has 0 saturated carbocycles. The van der Waals surface area contributed by atoms with E-state index in [9.17, 15) is 9.18 Å². The van der Waals surface area contributed by atoms with Crippen LogP contribution in [0.4, 0.5) is 10.1 Å². The topological polar surface area (TPSA) is 58.6 Å². The van der Waals surface area contributed by atoms with Crippen LogP contribution in [-0.4, -0.2) is 17.4 Å². The standard InChI is InChI=1S/C18H16BrFN2O3/c19-13-5-6-17(16(20)9-13)21-18(23)12-22(10-14-3-1-7-24-14)11-15-4-2-8-25-15/h1-9H,10-12H2,(H,21,23). The van der Waals surface area contributed by atoms with Gasteiger partial charge >= 0.3 is 0 Å². The van der Waals surface area contributed by atoms with Gasteiger partial charge in [-0.05, 0) is 42.5 Å². The second-order valence-electron chi connectivity index (χ2n) is 5.48. The number of carbonyl (C=O) groups is 1. The number of benzene rings is 1. The van der Waals surface area contributed by atoms with E-state index in [-0.39, 0.29) is 18.1 Å². The first-order chi connectivity index (χ1) is 12.1. The van der Waals surface area contributed by atoms with Crippen molar-refractivity contribution < 1.29 is 18.0 Å². The molecule has 1 N–H and O–H groups in total. The minimum absolute atomic E-state index is 0.0664. The van der Waals surface area contributed by atoms with E-state index in [1.165, 1.54) is 12.1 Å². The molecule has 0 aliphatic heterocycles. The molecule has 3 rings (SSSR count). The van der Waals surface area contributed by atoms with Crippen molar-refractivity contribution in [2.75, 3.05) is 11.9 Å². The fourth-order valence-corrected chi connectivity index (χ4v) is 2.73. The Bertz CT molecular complexity index is 783. The molecular weight excluding hydrogens is 391 g/mol. The Morgan fingerprint density at radius 2 is 1.72 bits per heavy atom. The van der Waals surface area contributed by atoms with Crippen molar-refractivity contribution in [3.63, 3.8) is 0 Å². The van der Waals surface area contributed by atoms with Gasteiger partial charge in [-0.3, -0.25) is 9.69 Å². The molecule has 0 unspecified atom stereocenters. The Hall–Kier alpha value is -2.38. The van der Waals surface area contributed by atoms with Crippen LogP contribution >= 0.6 is 15.9 Å². The number of hydrogen-bond acceptors (Lipinski definition) is 4. The van der Waals surface area contributed by atoms with Crippen molar-refractivity contribution >= 4 is 27.5 Å². The molecule has 0 spiro atoms. The Kier molecular flexibility index (Phi) is 5.67. The fourth-order valence-electron chi connectivity index (χ4n) is 2.40. The molecule has 0 aliphatic carbocycles. The number of carbonyl (C=O) groups excluding carboxylic acids is 1. The molecule has 1 amide bonds. The fraction of sp³-hybridized carbons (Fsp3) is 0.167. The van der Waals surface area contributed by atoms with E-state index in [4.69, 9.17) is 8.83 Å². The summed E-state index contributed by atoms with van der Waals surface area (Å²) in [5.41, 5.74) is 0.143. The minimum Gasteiger partial charge on any atom is -0.468 e. The monoisotopic (exact) mass is 406 g/mol. The number of rotatable bonds is 7. The molecule has 1 aromatic carbocycles. The number of halogens is 2. The SMILES string of the molecule is O=C(CN(Cc1ccco1)Cc1ccco1)Nc1ccc(Br)cc1F. The summed E-state index contributed by atoms with van der Waals surface area (Å²) in [4.78, 5) is 14.2. The van der Waals surface area contributed by atoms with Crippen molar-refractivity contribution in [1.82, 2.24) is 4.90 Å². The number of nitrogens with zero attached hydrogens (tertiary/aromatic N) is 1. The van der Waals surface area contributed by atoms with Gasteiger partial charge in [0.05, 0.1) is 37.8 Å². The van der Waals surface area contributed by atoms with E-state index in [2.05, 4.69) is 21.2 Å². The van der Waals surface area contributed by atoms with Crippen molar-refractivity contribution in [1.29, 1.82) is 0 Å². The first-order valence-electron chi connectivity index (χ1n) is 7.62. The summed E-state index contributed by atoms with van der Waals surface area (Å²) in [6.07, 6.45) is 3.16. The highest BCUT2D eigenvalue weighted by molar-refractivity contribution is 9.10. The van der Waals surface area contributed by atoms with Crippen molar-refractivity contribution in [2.45, 2.75) is 13.1 Å². The van der Waals surface area contributed by atoms with Crippen LogP contribution in [0.1, 0.15) is 11.5 Å². The van der Waals surface area contributed by atoms with Crippen LogP contribution < -0.4 is 5.32 Å². The smallest absolute Gasteiger partial charge is 0.238 e. The van der Waals surface area contributed by atoms with Crippen LogP contribution in [-0.2, 0) is 17.9 Å². The molecule has 130 valence electrons. The van der Waals surface area contributed by atoms with Gasteiger partial charge in [0.1, 0.15) is 17.3 Å². The van der Waals surface area contributed by atoms with E-state index in [0.29, 0.717) is 17.6 Å².